The van der Waals surface area contributed by atoms with Crippen LogP contribution in [0.5, 0.6) is 0 Å². The van der Waals surface area contributed by atoms with E-state index in [9.17, 15) is 13.6 Å². The highest BCUT2D eigenvalue weighted by Crippen LogP contribution is 2.26. The minimum absolute atomic E-state index is 0.00666. The number of halogens is 2. The molecule has 0 spiro atoms. The van der Waals surface area contributed by atoms with Crippen molar-refractivity contribution in [2.45, 2.75) is 20.3 Å². The fourth-order valence-corrected chi connectivity index (χ4v) is 1.55. The van der Waals surface area contributed by atoms with Crippen LogP contribution in [0, 0.1) is 13.8 Å². The van der Waals surface area contributed by atoms with Crippen LogP contribution >= 0.6 is 0 Å². The number of nitrogens with zero attached hydrogens (tertiary/aromatic N) is 1. The van der Waals surface area contributed by atoms with Gasteiger partial charge >= 0.3 is 0 Å². The van der Waals surface area contributed by atoms with Crippen molar-refractivity contribution >= 4 is 5.91 Å². The van der Waals surface area contributed by atoms with Gasteiger partial charge in [-0.05, 0) is 31.0 Å². The second-order valence-electron chi connectivity index (χ2n) is 3.95. The van der Waals surface area contributed by atoms with Gasteiger partial charge in [0.1, 0.15) is 0 Å². The average Bonchev–Trinajstić information content (AvgIpc) is 2.20. The number of hydrogen-bond donors (Lipinski definition) is 0. The molecule has 0 heterocycles. The first kappa shape index (κ1) is 12.6. The Morgan fingerprint density at radius 3 is 2.19 bits per heavy atom. The van der Waals surface area contributed by atoms with Gasteiger partial charge in [0.05, 0.1) is 0 Å². The Balaban J connectivity index is 3.27. The van der Waals surface area contributed by atoms with Gasteiger partial charge in [-0.2, -0.15) is 0 Å². The zero-order valence-corrected chi connectivity index (χ0v) is 9.84. The van der Waals surface area contributed by atoms with Crippen LogP contribution in [0.2, 0.25) is 0 Å². The molecule has 1 aromatic carbocycles. The maximum absolute atomic E-state index is 12.6. The lowest BCUT2D eigenvalue weighted by atomic mass is 9.97. The van der Waals surface area contributed by atoms with Crippen molar-refractivity contribution in [1.82, 2.24) is 4.90 Å². The van der Waals surface area contributed by atoms with Crippen LogP contribution in [0.3, 0.4) is 0 Å². The Kier molecular flexibility index (Phi) is 3.62. The Bertz CT molecular complexity index is 414. The first-order chi connectivity index (χ1) is 7.36. The molecule has 0 saturated heterocycles. The van der Waals surface area contributed by atoms with Gasteiger partial charge in [-0.3, -0.25) is 4.79 Å². The highest BCUT2D eigenvalue weighted by molar-refractivity contribution is 5.95. The maximum Gasteiger partial charge on any atom is 0.264 e. The Morgan fingerprint density at radius 1 is 1.19 bits per heavy atom. The van der Waals surface area contributed by atoms with E-state index < -0.39 is 6.43 Å². The lowest BCUT2D eigenvalue weighted by Gasteiger charge is -2.15. The van der Waals surface area contributed by atoms with Gasteiger partial charge < -0.3 is 4.90 Å². The lowest BCUT2D eigenvalue weighted by molar-refractivity contribution is 0.0826. The molecule has 0 radical (unpaired) electrons. The number of carbonyl (C=O) groups is 1. The third-order valence-corrected chi connectivity index (χ3v) is 2.70. The molecule has 16 heavy (non-hydrogen) atoms. The summed E-state index contributed by atoms with van der Waals surface area (Å²) in [6, 6.07) is 2.79. The van der Waals surface area contributed by atoms with Crippen LogP contribution in [0.25, 0.3) is 0 Å². The minimum atomic E-state index is -2.50. The van der Waals surface area contributed by atoms with Gasteiger partial charge in [-0.25, -0.2) is 8.78 Å². The summed E-state index contributed by atoms with van der Waals surface area (Å²) in [5.41, 5.74) is 1.58. The van der Waals surface area contributed by atoms with Crippen LogP contribution < -0.4 is 0 Å². The second kappa shape index (κ2) is 4.60. The molecule has 4 heteroatoms. The molecule has 1 amide bonds. The fraction of sp³-hybridized carbons (Fsp3) is 0.417. The molecule has 0 bridgehead atoms. The monoisotopic (exact) mass is 227 g/mol. The summed E-state index contributed by atoms with van der Waals surface area (Å²) in [6.45, 7) is 3.31. The topological polar surface area (TPSA) is 20.3 Å². The van der Waals surface area contributed by atoms with Gasteiger partial charge in [0.25, 0.3) is 12.3 Å². The number of benzene rings is 1. The molecule has 88 valence electrons. The minimum Gasteiger partial charge on any atom is -0.345 e. The maximum atomic E-state index is 12.6. The molecule has 0 aliphatic rings. The fourth-order valence-electron chi connectivity index (χ4n) is 1.55. The number of alkyl halides is 2. The van der Waals surface area contributed by atoms with Crippen LogP contribution in [-0.4, -0.2) is 24.9 Å². The predicted molar refractivity (Wildman–Crippen MR) is 58.9 cm³/mol. The van der Waals surface area contributed by atoms with Crippen LogP contribution in [-0.2, 0) is 0 Å². The molecule has 0 aliphatic carbocycles. The first-order valence-corrected chi connectivity index (χ1v) is 4.96. The molecule has 0 aromatic heterocycles. The number of rotatable bonds is 2. The molecule has 0 fully saturated rings. The molecule has 2 nitrogen and oxygen atoms in total. The summed E-state index contributed by atoms with van der Waals surface area (Å²) in [5, 5.41) is 0. The van der Waals surface area contributed by atoms with Crippen molar-refractivity contribution in [3.8, 4) is 0 Å². The van der Waals surface area contributed by atoms with Crippen molar-refractivity contribution in [1.29, 1.82) is 0 Å². The molecule has 0 aliphatic heterocycles. The van der Waals surface area contributed by atoms with E-state index in [1.807, 2.05) is 0 Å². The zero-order chi connectivity index (χ0) is 12.5. The Hall–Kier alpha value is -1.45. The molecule has 0 unspecified atom stereocenters. The van der Waals surface area contributed by atoms with Gasteiger partial charge in [0.2, 0.25) is 0 Å². The lowest BCUT2D eigenvalue weighted by Crippen LogP contribution is -2.23. The van der Waals surface area contributed by atoms with E-state index in [0.29, 0.717) is 16.7 Å². The van der Waals surface area contributed by atoms with E-state index in [4.69, 9.17) is 0 Å². The van der Waals surface area contributed by atoms with Crippen molar-refractivity contribution < 1.29 is 13.6 Å². The summed E-state index contributed by atoms with van der Waals surface area (Å²) in [7, 11) is 3.27. The summed E-state index contributed by atoms with van der Waals surface area (Å²) in [4.78, 5) is 13.2. The predicted octanol–water partition coefficient (Wildman–Crippen LogP) is 2.94. The van der Waals surface area contributed by atoms with E-state index in [0.717, 1.165) is 0 Å². The van der Waals surface area contributed by atoms with E-state index in [-0.39, 0.29) is 11.5 Å². The summed E-state index contributed by atoms with van der Waals surface area (Å²) in [6.07, 6.45) is -2.50. The molecule has 1 rings (SSSR count). The van der Waals surface area contributed by atoms with Gasteiger partial charge in [-0.1, -0.05) is 6.07 Å². The molecular formula is C12H15F2NO. The molecule has 1 aromatic rings. The normalized spacial score (nSPS) is 10.7. The third-order valence-electron chi connectivity index (χ3n) is 2.70. The van der Waals surface area contributed by atoms with Crippen LogP contribution in [0.15, 0.2) is 12.1 Å². The van der Waals surface area contributed by atoms with Crippen molar-refractivity contribution in [2.75, 3.05) is 14.1 Å². The van der Waals surface area contributed by atoms with E-state index in [1.165, 1.54) is 17.0 Å². The molecule has 0 N–H and O–H groups in total. The third kappa shape index (κ3) is 2.21. The quantitative estimate of drug-likeness (QED) is 0.760. The Labute approximate surface area is 93.9 Å². The average molecular weight is 227 g/mol. The van der Waals surface area contributed by atoms with Gasteiger partial charge in [0.15, 0.2) is 0 Å². The number of carbonyl (C=O) groups excluding carboxylic acids is 1. The van der Waals surface area contributed by atoms with E-state index >= 15 is 0 Å². The van der Waals surface area contributed by atoms with E-state index in [1.54, 1.807) is 27.9 Å². The van der Waals surface area contributed by atoms with Gasteiger partial charge in [0, 0.05) is 25.2 Å². The smallest absolute Gasteiger partial charge is 0.264 e. The highest BCUT2D eigenvalue weighted by Gasteiger charge is 2.17. The highest BCUT2D eigenvalue weighted by atomic mass is 19.3. The first-order valence-electron chi connectivity index (χ1n) is 4.96. The van der Waals surface area contributed by atoms with Crippen molar-refractivity contribution in [3.63, 3.8) is 0 Å². The van der Waals surface area contributed by atoms with Gasteiger partial charge in [-0.15, -0.1) is 0 Å². The number of hydrogen-bond acceptors (Lipinski definition) is 1. The summed E-state index contributed by atoms with van der Waals surface area (Å²) < 4.78 is 25.2. The summed E-state index contributed by atoms with van der Waals surface area (Å²) >= 11 is 0. The van der Waals surface area contributed by atoms with E-state index in [2.05, 4.69) is 0 Å². The molecular weight excluding hydrogens is 212 g/mol. The molecule has 0 atom stereocenters. The largest absolute Gasteiger partial charge is 0.345 e. The Morgan fingerprint density at radius 2 is 1.75 bits per heavy atom. The zero-order valence-electron chi connectivity index (χ0n) is 9.84. The summed E-state index contributed by atoms with van der Waals surface area (Å²) in [5.74, 6) is -0.165. The SMILES string of the molecule is Cc1c(C(=O)N(C)C)ccc(C(F)F)c1C. The van der Waals surface area contributed by atoms with Crippen molar-refractivity contribution in [3.05, 3.63) is 34.4 Å². The number of amides is 1. The standard InChI is InChI=1S/C12H15F2NO/c1-7-8(2)10(12(16)15(3)4)6-5-9(7)11(13)14/h5-6,11H,1-4H3. The second-order valence-corrected chi connectivity index (χ2v) is 3.95. The van der Waals surface area contributed by atoms with Crippen LogP contribution in [0.4, 0.5) is 8.78 Å². The van der Waals surface area contributed by atoms with Crippen LogP contribution in [0.1, 0.15) is 33.5 Å². The molecule has 0 saturated carbocycles. The van der Waals surface area contributed by atoms with Crippen molar-refractivity contribution in [2.24, 2.45) is 0 Å².